The van der Waals surface area contributed by atoms with Gasteiger partial charge in [-0.25, -0.2) is 0 Å². The number of rotatable bonds is 3. The molecule has 1 unspecified atom stereocenters. The van der Waals surface area contributed by atoms with Gasteiger partial charge in [0.15, 0.2) is 0 Å². The highest BCUT2D eigenvalue weighted by Crippen LogP contribution is 2.22. The van der Waals surface area contributed by atoms with Gasteiger partial charge in [0, 0.05) is 24.8 Å². The molecule has 0 aliphatic heterocycles. The van der Waals surface area contributed by atoms with Crippen molar-refractivity contribution in [2.24, 2.45) is 7.05 Å². The second-order valence-corrected chi connectivity index (χ2v) is 4.91. The molecule has 1 aliphatic carbocycles. The van der Waals surface area contributed by atoms with Crippen LogP contribution in [0.3, 0.4) is 0 Å². The predicted octanol–water partition coefficient (Wildman–Crippen LogP) is 2.22. The zero-order chi connectivity index (χ0) is 12.3. The molecule has 0 amide bonds. The molecule has 1 N–H and O–H groups in total. The van der Waals surface area contributed by atoms with Crippen molar-refractivity contribution < 1.29 is 0 Å². The minimum atomic E-state index is -0.216. The van der Waals surface area contributed by atoms with Crippen molar-refractivity contribution >= 4 is 0 Å². The molecule has 1 aliphatic rings. The maximum atomic E-state index is 9.29. The van der Waals surface area contributed by atoms with Crippen LogP contribution in [-0.4, -0.2) is 15.8 Å². The molecular weight excluding hydrogens is 212 g/mol. The lowest BCUT2D eigenvalue weighted by Crippen LogP contribution is -2.34. The van der Waals surface area contributed by atoms with Crippen molar-refractivity contribution in [1.29, 1.82) is 5.26 Å². The number of hydrogen-bond donors (Lipinski definition) is 1. The van der Waals surface area contributed by atoms with Gasteiger partial charge in [-0.05, 0) is 19.8 Å². The van der Waals surface area contributed by atoms with Crippen molar-refractivity contribution in [2.75, 3.05) is 0 Å². The zero-order valence-electron chi connectivity index (χ0n) is 10.6. The van der Waals surface area contributed by atoms with Crippen LogP contribution in [0.15, 0.2) is 6.20 Å². The van der Waals surface area contributed by atoms with Crippen molar-refractivity contribution in [2.45, 2.75) is 51.1 Å². The molecule has 92 valence electrons. The van der Waals surface area contributed by atoms with E-state index >= 15 is 0 Å². The van der Waals surface area contributed by atoms with E-state index in [1.165, 1.54) is 32.1 Å². The van der Waals surface area contributed by atoms with Gasteiger partial charge in [-0.15, -0.1) is 0 Å². The molecule has 4 heteroatoms. The molecular formula is C13H20N4. The molecule has 4 nitrogen and oxygen atoms in total. The monoisotopic (exact) mass is 232 g/mol. The summed E-state index contributed by atoms with van der Waals surface area (Å²) in [7, 11) is 1.89. The first kappa shape index (κ1) is 12.1. The van der Waals surface area contributed by atoms with Crippen LogP contribution in [0, 0.1) is 18.3 Å². The van der Waals surface area contributed by atoms with Crippen molar-refractivity contribution in [1.82, 2.24) is 15.1 Å². The smallest absolute Gasteiger partial charge is 0.124 e. The first-order chi connectivity index (χ1) is 8.20. The lowest BCUT2D eigenvalue weighted by atomic mass is 9.94. The summed E-state index contributed by atoms with van der Waals surface area (Å²) in [6.45, 7) is 1.96. The van der Waals surface area contributed by atoms with Crippen LogP contribution in [0.2, 0.25) is 0 Å². The van der Waals surface area contributed by atoms with E-state index in [-0.39, 0.29) is 6.04 Å². The average Bonchev–Trinajstić information content (AvgIpc) is 2.67. The first-order valence-electron chi connectivity index (χ1n) is 6.36. The fourth-order valence-electron chi connectivity index (χ4n) is 2.60. The quantitative estimate of drug-likeness (QED) is 0.869. The molecule has 17 heavy (non-hydrogen) atoms. The molecule has 1 aromatic rings. The Hall–Kier alpha value is -1.34. The zero-order valence-corrected chi connectivity index (χ0v) is 10.6. The van der Waals surface area contributed by atoms with E-state index < -0.39 is 0 Å². The van der Waals surface area contributed by atoms with E-state index in [1.54, 1.807) is 4.68 Å². The second kappa shape index (κ2) is 5.33. The van der Waals surface area contributed by atoms with Gasteiger partial charge in [-0.2, -0.15) is 10.4 Å². The molecule has 0 saturated heterocycles. The Labute approximate surface area is 103 Å². The van der Waals surface area contributed by atoms with Crippen LogP contribution < -0.4 is 5.32 Å². The van der Waals surface area contributed by atoms with Gasteiger partial charge in [0.2, 0.25) is 0 Å². The van der Waals surface area contributed by atoms with Crippen LogP contribution in [0.1, 0.15) is 49.4 Å². The fourth-order valence-corrected chi connectivity index (χ4v) is 2.60. The maximum Gasteiger partial charge on any atom is 0.124 e. The summed E-state index contributed by atoms with van der Waals surface area (Å²) >= 11 is 0. The highest BCUT2D eigenvalue weighted by Gasteiger charge is 2.21. The van der Waals surface area contributed by atoms with E-state index in [2.05, 4.69) is 16.5 Å². The van der Waals surface area contributed by atoms with Crippen molar-refractivity contribution in [3.63, 3.8) is 0 Å². The molecule has 1 saturated carbocycles. The Morgan fingerprint density at radius 3 is 2.71 bits per heavy atom. The number of aryl methyl sites for hydroxylation is 2. The fraction of sp³-hybridized carbons (Fsp3) is 0.692. The van der Waals surface area contributed by atoms with Crippen molar-refractivity contribution in [3.05, 3.63) is 17.5 Å². The van der Waals surface area contributed by atoms with E-state index in [9.17, 15) is 5.26 Å². The van der Waals surface area contributed by atoms with Gasteiger partial charge in [0.25, 0.3) is 0 Å². The van der Waals surface area contributed by atoms with E-state index in [4.69, 9.17) is 0 Å². The highest BCUT2D eigenvalue weighted by atomic mass is 15.3. The van der Waals surface area contributed by atoms with E-state index in [0.717, 1.165) is 11.3 Å². The summed E-state index contributed by atoms with van der Waals surface area (Å²) < 4.78 is 1.78. The summed E-state index contributed by atoms with van der Waals surface area (Å²) in [5, 5.41) is 17.1. The predicted molar refractivity (Wildman–Crippen MR) is 66.3 cm³/mol. The SMILES string of the molecule is Cc1nn(C)cc1C(C#N)NC1CCCCC1. The molecule has 0 spiro atoms. The molecule has 1 fully saturated rings. The Morgan fingerprint density at radius 2 is 2.18 bits per heavy atom. The minimum Gasteiger partial charge on any atom is -0.295 e. The molecule has 1 heterocycles. The third-order valence-corrected chi connectivity index (χ3v) is 3.50. The highest BCUT2D eigenvalue weighted by molar-refractivity contribution is 5.25. The third kappa shape index (κ3) is 2.86. The number of hydrogen-bond acceptors (Lipinski definition) is 3. The van der Waals surface area contributed by atoms with Gasteiger partial charge in [0.05, 0.1) is 11.8 Å². The lowest BCUT2D eigenvalue weighted by Gasteiger charge is -2.25. The van der Waals surface area contributed by atoms with Crippen LogP contribution >= 0.6 is 0 Å². The third-order valence-electron chi connectivity index (χ3n) is 3.50. The number of nitriles is 1. The molecule has 1 aromatic heterocycles. The molecule has 0 radical (unpaired) electrons. The summed E-state index contributed by atoms with van der Waals surface area (Å²) in [6.07, 6.45) is 8.22. The summed E-state index contributed by atoms with van der Waals surface area (Å²) in [6, 6.07) is 2.63. The van der Waals surface area contributed by atoms with Crippen LogP contribution in [0.5, 0.6) is 0 Å². The average molecular weight is 232 g/mol. The Morgan fingerprint density at radius 1 is 1.47 bits per heavy atom. The van der Waals surface area contributed by atoms with Crippen LogP contribution in [0.25, 0.3) is 0 Å². The van der Waals surface area contributed by atoms with Gasteiger partial charge >= 0.3 is 0 Å². The van der Waals surface area contributed by atoms with Gasteiger partial charge in [0.1, 0.15) is 6.04 Å². The molecule has 1 atom stereocenters. The lowest BCUT2D eigenvalue weighted by molar-refractivity contribution is 0.359. The summed E-state index contributed by atoms with van der Waals surface area (Å²) in [4.78, 5) is 0. The number of nitrogens with zero attached hydrogens (tertiary/aromatic N) is 3. The Bertz CT molecular complexity index is 410. The minimum absolute atomic E-state index is 0.216. The van der Waals surface area contributed by atoms with E-state index in [1.807, 2.05) is 20.2 Å². The Kier molecular flexibility index (Phi) is 3.80. The summed E-state index contributed by atoms with van der Waals surface area (Å²) in [5.74, 6) is 0. The summed E-state index contributed by atoms with van der Waals surface area (Å²) in [5.41, 5.74) is 1.96. The number of aromatic nitrogens is 2. The second-order valence-electron chi connectivity index (χ2n) is 4.91. The molecule has 0 bridgehead atoms. The molecule has 2 rings (SSSR count). The van der Waals surface area contributed by atoms with Gasteiger partial charge < -0.3 is 0 Å². The standard InChI is InChI=1S/C13H20N4/c1-10-12(9-17(2)16-10)13(8-14)15-11-6-4-3-5-7-11/h9,11,13,15H,3-7H2,1-2H3. The van der Waals surface area contributed by atoms with Gasteiger partial charge in [-0.3, -0.25) is 10.00 Å². The first-order valence-corrected chi connectivity index (χ1v) is 6.36. The van der Waals surface area contributed by atoms with Crippen LogP contribution in [-0.2, 0) is 7.05 Å². The Balaban J connectivity index is 2.06. The van der Waals surface area contributed by atoms with Gasteiger partial charge in [-0.1, -0.05) is 19.3 Å². The number of nitrogens with one attached hydrogen (secondary N) is 1. The topological polar surface area (TPSA) is 53.6 Å². The normalized spacial score (nSPS) is 18.9. The maximum absolute atomic E-state index is 9.29. The van der Waals surface area contributed by atoms with Crippen LogP contribution in [0.4, 0.5) is 0 Å². The molecule has 0 aromatic carbocycles. The largest absolute Gasteiger partial charge is 0.295 e. The van der Waals surface area contributed by atoms with Crippen molar-refractivity contribution in [3.8, 4) is 6.07 Å². The van der Waals surface area contributed by atoms with E-state index in [0.29, 0.717) is 6.04 Å².